The van der Waals surface area contributed by atoms with Crippen LogP contribution in [-0.4, -0.2) is 24.3 Å². The van der Waals surface area contributed by atoms with Crippen molar-refractivity contribution in [3.8, 4) is 0 Å². The van der Waals surface area contributed by atoms with Crippen molar-refractivity contribution in [2.75, 3.05) is 0 Å². The van der Waals surface area contributed by atoms with E-state index in [1.807, 2.05) is 24.3 Å². The Hall–Kier alpha value is -1.18. The summed E-state index contributed by atoms with van der Waals surface area (Å²) in [6.45, 7) is 0. The van der Waals surface area contributed by atoms with Gasteiger partial charge in [0.2, 0.25) is 0 Å². The van der Waals surface area contributed by atoms with Gasteiger partial charge in [-0.15, -0.1) is 0 Å². The molecule has 120 valence electrons. The van der Waals surface area contributed by atoms with Gasteiger partial charge in [0, 0.05) is 9.94 Å². The summed E-state index contributed by atoms with van der Waals surface area (Å²) >= 11 is 6.52. The van der Waals surface area contributed by atoms with E-state index in [0.717, 1.165) is 15.2 Å². The SMILES string of the molecule is OB(OB(O)c1ccc(Br)c2ccccc12)c1cccc(Br)c1F. The second-order valence-corrected chi connectivity index (χ2v) is 6.87. The minimum atomic E-state index is -1.60. The average Bonchev–Trinajstić information content (AvgIpc) is 2.57. The lowest BCUT2D eigenvalue weighted by Gasteiger charge is -2.15. The molecule has 0 radical (unpaired) electrons. The van der Waals surface area contributed by atoms with Crippen LogP contribution in [0.3, 0.4) is 0 Å². The lowest BCUT2D eigenvalue weighted by Crippen LogP contribution is -2.46. The van der Waals surface area contributed by atoms with Gasteiger partial charge in [0.15, 0.2) is 0 Å². The number of hydrogen-bond donors (Lipinski definition) is 2. The standard InChI is InChI=1S/C16H11B2Br2FO3/c19-14-9-8-12(10-4-1-2-5-11(10)14)17(22)24-18(23)13-6-3-7-15(20)16(13)21/h1-9,22-23H. The van der Waals surface area contributed by atoms with E-state index in [9.17, 15) is 14.4 Å². The van der Waals surface area contributed by atoms with Crippen LogP contribution in [0, 0.1) is 5.82 Å². The summed E-state index contributed by atoms with van der Waals surface area (Å²) in [5.74, 6) is -0.627. The highest BCUT2D eigenvalue weighted by atomic mass is 79.9. The molecule has 0 spiro atoms. The first kappa shape index (κ1) is 17.6. The van der Waals surface area contributed by atoms with Crippen LogP contribution < -0.4 is 10.9 Å². The van der Waals surface area contributed by atoms with Gasteiger partial charge in [0.25, 0.3) is 0 Å². The number of hydrogen-bond acceptors (Lipinski definition) is 3. The molecule has 0 aliphatic carbocycles. The largest absolute Gasteiger partial charge is 0.480 e. The number of benzene rings is 3. The Kier molecular flexibility index (Phi) is 5.42. The van der Waals surface area contributed by atoms with Gasteiger partial charge in [0.05, 0.1) is 4.47 Å². The van der Waals surface area contributed by atoms with Crippen LogP contribution in [0.5, 0.6) is 0 Å². The van der Waals surface area contributed by atoms with Crippen LogP contribution in [0.25, 0.3) is 10.8 Å². The molecule has 0 heterocycles. The zero-order valence-electron chi connectivity index (χ0n) is 12.3. The van der Waals surface area contributed by atoms with Crippen LogP contribution in [0.4, 0.5) is 4.39 Å². The Morgan fingerprint density at radius 1 is 0.750 bits per heavy atom. The third kappa shape index (κ3) is 3.43. The Morgan fingerprint density at radius 2 is 1.42 bits per heavy atom. The molecule has 0 aromatic heterocycles. The van der Waals surface area contributed by atoms with Crippen LogP contribution in [-0.2, 0) is 4.57 Å². The van der Waals surface area contributed by atoms with Crippen molar-refractivity contribution in [2.24, 2.45) is 0 Å². The summed E-state index contributed by atoms with van der Waals surface area (Å²) in [6.07, 6.45) is 0. The highest BCUT2D eigenvalue weighted by molar-refractivity contribution is 9.11. The van der Waals surface area contributed by atoms with Gasteiger partial charge >= 0.3 is 14.2 Å². The molecule has 24 heavy (non-hydrogen) atoms. The molecule has 0 unspecified atom stereocenters. The predicted octanol–water partition coefficient (Wildman–Crippen LogP) is 2.60. The summed E-state index contributed by atoms with van der Waals surface area (Å²) in [4.78, 5) is 0. The fourth-order valence-corrected chi connectivity index (χ4v) is 3.34. The smallest absolute Gasteiger partial charge is 0.443 e. The van der Waals surface area contributed by atoms with Crippen molar-refractivity contribution in [3.05, 3.63) is 69.4 Å². The molecule has 0 saturated heterocycles. The minimum Gasteiger partial charge on any atom is -0.443 e. The number of fused-ring (bicyclic) bond motifs is 1. The van der Waals surface area contributed by atoms with Crippen molar-refractivity contribution in [1.29, 1.82) is 0 Å². The third-order valence-electron chi connectivity index (χ3n) is 3.68. The van der Waals surface area contributed by atoms with Gasteiger partial charge in [-0.25, -0.2) is 4.39 Å². The highest BCUT2D eigenvalue weighted by Gasteiger charge is 2.29. The van der Waals surface area contributed by atoms with Gasteiger partial charge in [-0.3, -0.25) is 0 Å². The third-order valence-corrected chi connectivity index (χ3v) is 4.98. The molecule has 3 rings (SSSR count). The van der Waals surface area contributed by atoms with E-state index in [1.54, 1.807) is 18.2 Å². The molecule has 0 aliphatic rings. The first-order chi connectivity index (χ1) is 11.5. The Labute approximate surface area is 156 Å². The molecular formula is C16H11B2Br2FO3. The maximum atomic E-state index is 14.0. The molecule has 3 aromatic rings. The van der Waals surface area contributed by atoms with Crippen molar-refractivity contribution < 1.29 is 19.0 Å². The first-order valence-corrected chi connectivity index (χ1v) is 8.70. The Balaban J connectivity index is 1.92. The van der Waals surface area contributed by atoms with Gasteiger partial charge in [-0.1, -0.05) is 58.4 Å². The quantitative estimate of drug-likeness (QED) is 0.600. The molecule has 2 N–H and O–H groups in total. The van der Waals surface area contributed by atoms with E-state index in [-0.39, 0.29) is 9.94 Å². The van der Waals surface area contributed by atoms with Crippen molar-refractivity contribution in [2.45, 2.75) is 0 Å². The molecule has 0 bridgehead atoms. The Morgan fingerprint density at radius 3 is 2.17 bits per heavy atom. The molecule has 8 heteroatoms. The number of halogens is 3. The fraction of sp³-hybridized carbons (Fsp3) is 0. The summed E-state index contributed by atoms with van der Waals surface area (Å²) in [6, 6.07) is 15.5. The summed E-state index contributed by atoms with van der Waals surface area (Å²) < 4.78 is 20.4. The fourth-order valence-electron chi connectivity index (χ4n) is 2.48. The van der Waals surface area contributed by atoms with E-state index < -0.39 is 20.1 Å². The van der Waals surface area contributed by atoms with Gasteiger partial charge in [-0.05, 0) is 44.3 Å². The number of rotatable bonds is 4. The van der Waals surface area contributed by atoms with Crippen molar-refractivity contribution >= 4 is 67.8 Å². The maximum Gasteiger partial charge on any atom is 0.480 e. The molecule has 3 nitrogen and oxygen atoms in total. The molecule has 0 atom stereocenters. The lowest BCUT2D eigenvalue weighted by molar-refractivity contribution is 0.377. The molecule has 0 amide bonds. The lowest BCUT2D eigenvalue weighted by atomic mass is 9.70. The summed E-state index contributed by atoms with van der Waals surface area (Å²) in [5, 5.41) is 22.2. The maximum absolute atomic E-state index is 14.0. The second kappa shape index (κ2) is 7.37. The van der Waals surface area contributed by atoms with E-state index in [0.29, 0.717) is 5.46 Å². The van der Waals surface area contributed by atoms with Crippen molar-refractivity contribution in [3.63, 3.8) is 0 Å². The monoisotopic (exact) mass is 450 g/mol. The van der Waals surface area contributed by atoms with Crippen molar-refractivity contribution in [1.82, 2.24) is 0 Å². The summed E-state index contributed by atoms with van der Waals surface area (Å²) in [5.41, 5.74) is 0.438. The van der Waals surface area contributed by atoms with Crippen LogP contribution in [0.1, 0.15) is 0 Å². The summed E-state index contributed by atoms with van der Waals surface area (Å²) in [7, 11) is -3.00. The Bertz CT molecular complexity index is 894. The minimum absolute atomic E-state index is 0.0511. The molecule has 0 saturated carbocycles. The van der Waals surface area contributed by atoms with E-state index >= 15 is 0 Å². The highest BCUT2D eigenvalue weighted by Crippen LogP contribution is 2.22. The van der Waals surface area contributed by atoms with Gasteiger partial charge in [0.1, 0.15) is 5.82 Å². The first-order valence-electron chi connectivity index (χ1n) is 7.11. The zero-order chi connectivity index (χ0) is 17.3. The van der Waals surface area contributed by atoms with E-state index in [2.05, 4.69) is 31.9 Å². The molecule has 0 fully saturated rings. The van der Waals surface area contributed by atoms with Gasteiger partial charge < -0.3 is 14.6 Å². The molecule has 3 aromatic carbocycles. The molecular weight excluding hydrogens is 441 g/mol. The van der Waals surface area contributed by atoms with E-state index in [1.165, 1.54) is 12.1 Å². The molecule has 0 aliphatic heterocycles. The topological polar surface area (TPSA) is 49.7 Å². The zero-order valence-corrected chi connectivity index (χ0v) is 15.5. The second-order valence-electron chi connectivity index (χ2n) is 5.17. The van der Waals surface area contributed by atoms with Gasteiger partial charge in [-0.2, -0.15) is 0 Å². The average molecular weight is 452 g/mol. The van der Waals surface area contributed by atoms with Crippen LogP contribution >= 0.6 is 31.9 Å². The van der Waals surface area contributed by atoms with Crippen LogP contribution in [0.15, 0.2) is 63.5 Å². The van der Waals surface area contributed by atoms with Crippen LogP contribution in [0.2, 0.25) is 0 Å². The van der Waals surface area contributed by atoms with E-state index in [4.69, 9.17) is 4.57 Å². The normalized spacial score (nSPS) is 10.9. The predicted molar refractivity (Wildman–Crippen MR) is 102 cm³/mol.